The maximum Gasteiger partial charge on any atom is 0.244 e. The molecule has 1 fully saturated rings. The van der Waals surface area contributed by atoms with Crippen LogP contribution in [-0.4, -0.2) is 41.0 Å². The van der Waals surface area contributed by atoms with Gasteiger partial charge in [-0.25, -0.2) is 25.2 Å². The molecule has 11 heteroatoms. The number of fused-ring (bicyclic) bond motifs is 2. The van der Waals surface area contributed by atoms with Gasteiger partial charge in [0.1, 0.15) is 17.0 Å². The van der Waals surface area contributed by atoms with Crippen molar-refractivity contribution in [1.29, 1.82) is 0 Å². The summed E-state index contributed by atoms with van der Waals surface area (Å²) >= 11 is 0. The number of nitrogens with one attached hydrogen (secondary N) is 2. The van der Waals surface area contributed by atoms with E-state index in [4.69, 9.17) is 10.8 Å². The number of amides is 1. The number of carbonyl (C=O) groups excluding carboxylic acids is 1. The number of nitrogens with two attached hydrogens (primary N) is 1. The number of carbonyl (C=O) groups is 1. The fourth-order valence-corrected chi connectivity index (χ4v) is 4.54. The minimum absolute atomic E-state index is 0.00642. The molecule has 0 aliphatic heterocycles. The second kappa shape index (κ2) is 8.53. The Kier molecular flexibility index (Phi) is 4.98. The Hall–Kier alpha value is -5.03. The SMILES string of the molecule is NN(C(=O)C1CC1)c1cncc(-c2cnc3n[nH]c(-c4nc5c(-c6ccccc6F)cncc5[nH]4)c3c2)c1. The Morgan fingerprint density at radius 1 is 1.00 bits per heavy atom. The quantitative estimate of drug-likeness (QED) is 0.179. The molecule has 1 aliphatic rings. The first kappa shape index (κ1) is 22.2. The van der Waals surface area contributed by atoms with Gasteiger partial charge in [0.15, 0.2) is 11.5 Å². The smallest absolute Gasteiger partial charge is 0.244 e. The molecule has 5 aromatic heterocycles. The van der Waals surface area contributed by atoms with E-state index in [1.165, 1.54) is 11.1 Å². The minimum Gasteiger partial charge on any atom is -0.335 e. The monoisotopic (exact) mass is 505 g/mol. The molecule has 10 nitrogen and oxygen atoms in total. The molecule has 38 heavy (non-hydrogen) atoms. The number of halogens is 1. The topological polar surface area (TPSA) is 142 Å². The van der Waals surface area contributed by atoms with Gasteiger partial charge in [0, 0.05) is 46.8 Å². The molecule has 0 saturated heterocycles. The summed E-state index contributed by atoms with van der Waals surface area (Å²) in [6, 6.07) is 10.3. The van der Waals surface area contributed by atoms with Crippen molar-refractivity contribution in [2.24, 2.45) is 11.8 Å². The van der Waals surface area contributed by atoms with E-state index in [-0.39, 0.29) is 17.6 Å². The second-order valence-electron chi connectivity index (χ2n) is 9.26. The molecule has 0 bridgehead atoms. The maximum atomic E-state index is 14.5. The lowest BCUT2D eigenvalue weighted by Crippen LogP contribution is -2.38. The fraction of sp³-hybridized carbons (Fsp3) is 0.111. The van der Waals surface area contributed by atoms with Crippen molar-refractivity contribution in [3.63, 3.8) is 0 Å². The van der Waals surface area contributed by atoms with E-state index in [9.17, 15) is 9.18 Å². The Labute approximate surface area is 214 Å². The molecule has 5 heterocycles. The molecule has 186 valence electrons. The summed E-state index contributed by atoms with van der Waals surface area (Å²) in [5, 5.41) is 9.24. The van der Waals surface area contributed by atoms with Crippen LogP contribution in [0.15, 0.2) is 67.4 Å². The highest BCUT2D eigenvalue weighted by Crippen LogP contribution is 2.34. The highest BCUT2D eigenvalue weighted by atomic mass is 19.1. The molecule has 1 amide bonds. The van der Waals surface area contributed by atoms with Crippen molar-refractivity contribution in [3.05, 3.63) is 73.2 Å². The van der Waals surface area contributed by atoms with Crippen molar-refractivity contribution < 1.29 is 9.18 Å². The number of aromatic amines is 2. The predicted octanol–water partition coefficient (Wildman–Crippen LogP) is 4.38. The van der Waals surface area contributed by atoms with E-state index in [1.807, 2.05) is 12.1 Å². The highest BCUT2D eigenvalue weighted by molar-refractivity contribution is 5.98. The summed E-state index contributed by atoms with van der Waals surface area (Å²) in [5.74, 6) is 6.13. The Bertz CT molecular complexity index is 1860. The van der Waals surface area contributed by atoms with Gasteiger partial charge in [0.2, 0.25) is 5.91 Å². The van der Waals surface area contributed by atoms with Gasteiger partial charge in [-0.3, -0.25) is 19.9 Å². The number of H-pyrrole nitrogens is 2. The van der Waals surface area contributed by atoms with Gasteiger partial charge in [-0.1, -0.05) is 18.2 Å². The standard InChI is InChI=1S/C27H20FN9O/c28-21-4-2-1-3-18(21)20-12-31-13-22-23(20)34-26(33-22)24-19-8-16(10-32-25(19)36-35-24)15-7-17(11-30-9-15)37(29)27(38)14-5-6-14/h1-4,7-14H,5-6,29H2,(H,33,34)(H,32,35,36). The zero-order chi connectivity index (χ0) is 25.8. The van der Waals surface area contributed by atoms with Crippen LogP contribution in [0.3, 0.4) is 0 Å². The van der Waals surface area contributed by atoms with E-state index < -0.39 is 0 Å². The third-order valence-corrected chi connectivity index (χ3v) is 6.70. The average Bonchev–Trinajstić information content (AvgIpc) is 3.57. The molecule has 0 atom stereocenters. The van der Waals surface area contributed by atoms with E-state index in [2.05, 4.69) is 30.1 Å². The number of benzene rings is 1. The summed E-state index contributed by atoms with van der Waals surface area (Å²) in [7, 11) is 0. The number of hydrogen-bond donors (Lipinski definition) is 3. The third kappa shape index (κ3) is 3.68. The molecule has 1 aliphatic carbocycles. The molecule has 0 radical (unpaired) electrons. The minimum atomic E-state index is -0.349. The number of rotatable bonds is 5. The average molecular weight is 506 g/mol. The van der Waals surface area contributed by atoms with Crippen molar-refractivity contribution >= 4 is 33.7 Å². The zero-order valence-electron chi connectivity index (χ0n) is 19.9. The molecule has 0 unspecified atom stereocenters. The van der Waals surface area contributed by atoms with Gasteiger partial charge >= 0.3 is 0 Å². The van der Waals surface area contributed by atoms with E-state index >= 15 is 0 Å². The summed E-state index contributed by atoms with van der Waals surface area (Å²) in [6.07, 6.45) is 9.92. The summed E-state index contributed by atoms with van der Waals surface area (Å²) in [5.41, 5.74) is 5.41. The van der Waals surface area contributed by atoms with E-state index in [1.54, 1.807) is 49.2 Å². The van der Waals surface area contributed by atoms with Gasteiger partial charge in [-0.2, -0.15) is 5.10 Å². The second-order valence-corrected chi connectivity index (χ2v) is 9.26. The summed E-state index contributed by atoms with van der Waals surface area (Å²) in [6.45, 7) is 0. The lowest BCUT2D eigenvalue weighted by molar-refractivity contribution is -0.119. The first-order chi connectivity index (χ1) is 18.6. The van der Waals surface area contributed by atoms with Crippen LogP contribution in [0.2, 0.25) is 0 Å². The van der Waals surface area contributed by atoms with E-state index in [0.717, 1.165) is 29.4 Å². The number of hydrogen-bond acceptors (Lipinski definition) is 7. The van der Waals surface area contributed by atoms with E-state index in [0.29, 0.717) is 45.0 Å². The largest absolute Gasteiger partial charge is 0.335 e. The Balaban J connectivity index is 1.30. The van der Waals surface area contributed by atoms with Crippen LogP contribution in [0.25, 0.3) is 55.8 Å². The predicted molar refractivity (Wildman–Crippen MR) is 140 cm³/mol. The molecule has 1 saturated carbocycles. The number of hydrazine groups is 1. The van der Waals surface area contributed by atoms with Gasteiger partial charge in [-0.15, -0.1) is 0 Å². The molecule has 0 spiro atoms. The van der Waals surface area contributed by atoms with Crippen molar-refractivity contribution in [2.45, 2.75) is 12.8 Å². The molecular formula is C27H20FN9O. The lowest BCUT2D eigenvalue weighted by atomic mass is 10.1. The van der Waals surface area contributed by atoms with Crippen molar-refractivity contribution in [2.75, 3.05) is 5.01 Å². The van der Waals surface area contributed by atoms with Crippen LogP contribution < -0.4 is 10.9 Å². The third-order valence-electron chi connectivity index (χ3n) is 6.70. The van der Waals surface area contributed by atoms with Crippen molar-refractivity contribution in [1.82, 2.24) is 35.1 Å². The van der Waals surface area contributed by atoms with Gasteiger partial charge in [0.25, 0.3) is 0 Å². The molecule has 1 aromatic carbocycles. The van der Waals surface area contributed by atoms with Crippen LogP contribution in [0, 0.1) is 11.7 Å². The Morgan fingerprint density at radius 3 is 2.66 bits per heavy atom. The summed E-state index contributed by atoms with van der Waals surface area (Å²) < 4.78 is 14.5. The van der Waals surface area contributed by atoms with Crippen LogP contribution >= 0.6 is 0 Å². The molecule has 6 aromatic rings. The van der Waals surface area contributed by atoms with Gasteiger partial charge < -0.3 is 4.98 Å². The number of anilines is 1. The van der Waals surface area contributed by atoms with Gasteiger partial charge in [-0.05, 0) is 31.0 Å². The highest BCUT2D eigenvalue weighted by Gasteiger charge is 2.33. The molecule has 4 N–H and O–H groups in total. The number of nitrogens with zero attached hydrogens (tertiary/aromatic N) is 6. The fourth-order valence-electron chi connectivity index (χ4n) is 4.54. The molecular weight excluding hydrogens is 485 g/mol. The maximum absolute atomic E-state index is 14.5. The summed E-state index contributed by atoms with van der Waals surface area (Å²) in [4.78, 5) is 33.5. The van der Waals surface area contributed by atoms with Crippen LogP contribution in [-0.2, 0) is 4.79 Å². The number of imidazole rings is 1. The first-order valence-corrected chi connectivity index (χ1v) is 12.0. The zero-order valence-corrected chi connectivity index (χ0v) is 19.9. The normalized spacial score (nSPS) is 13.3. The lowest BCUT2D eigenvalue weighted by Gasteiger charge is -2.16. The number of pyridine rings is 3. The molecule has 7 rings (SSSR count). The van der Waals surface area contributed by atoms with Gasteiger partial charge in [0.05, 0.1) is 29.0 Å². The van der Waals surface area contributed by atoms with Crippen LogP contribution in [0.5, 0.6) is 0 Å². The Morgan fingerprint density at radius 2 is 1.82 bits per heavy atom. The van der Waals surface area contributed by atoms with Crippen LogP contribution in [0.1, 0.15) is 12.8 Å². The van der Waals surface area contributed by atoms with Crippen LogP contribution in [0.4, 0.5) is 10.1 Å². The number of aromatic nitrogens is 7. The first-order valence-electron chi connectivity index (χ1n) is 12.0. The van der Waals surface area contributed by atoms with Crippen molar-refractivity contribution in [3.8, 4) is 33.8 Å².